The quantitative estimate of drug-likeness (QED) is 0.490. The molecule has 0 bridgehead atoms. The SMILES string of the molecule is Cc1ccc(NC(=O)Nc2cccc(-c3nc4ccccc4o3)c2)cc1C. The molecule has 3 aromatic carbocycles. The van der Waals surface area contributed by atoms with Crippen molar-refractivity contribution in [2.24, 2.45) is 0 Å². The Morgan fingerprint density at radius 1 is 0.852 bits per heavy atom. The molecule has 0 saturated heterocycles. The van der Waals surface area contributed by atoms with Gasteiger partial charge in [-0.2, -0.15) is 0 Å². The maximum absolute atomic E-state index is 12.3. The normalized spacial score (nSPS) is 10.7. The number of benzene rings is 3. The van der Waals surface area contributed by atoms with Crippen LogP contribution in [-0.4, -0.2) is 11.0 Å². The molecule has 0 atom stereocenters. The van der Waals surface area contributed by atoms with Crippen LogP contribution < -0.4 is 10.6 Å². The van der Waals surface area contributed by atoms with Crippen LogP contribution in [0.25, 0.3) is 22.6 Å². The van der Waals surface area contributed by atoms with Crippen LogP contribution in [0.5, 0.6) is 0 Å². The van der Waals surface area contributed by atoms with E-state index in [1.807, 2.05) is 80.6 Å². The Morgan fingerprint density at radius 3 is 2.41 bits per heavy atom. The van der Waals surface area contributed by atoms with Gasteiger partial charge in [-0.05, 0) is 67.4 Å². The van der Waals surface area contributed by atoms with E-state index in [0.29, 0.717) is 11.6 Å². The maximum Gasteiger partial charge on any atom is 0.323 e. The Kier molecular flexibility index (Phi) is 4.34. The van der Waals surface area contributed by atoms with Gasteiger partial charge in [-0.15, -0.1) is 0 Å². The average Bonchev–Trinajstić information content (AvgIpc) is 3.09. The van der Waals surface area contributed by atoms with Crippen molar-refractivity contribution in [3.05, 3.63) is 77.9 Å². The van der Waals surface area contributed by atoms with E-state index in [1.54, 1.807) is 0 Å². The fourth-order valence-corrected chi connectivity index (χ4v) is 2.84. The molecule has 4 aromatic rings. The van der Waals surface area contributed by atoms with Crippen molar-refractivity contribution in [1.29, 1.82) is 0 Å². The summed E-state index contributed by atoms with van der Waals surface area (Å²) in [7, 11) is 0. The summed E-state index contributed by atoms with van der Waals surface area (Å²) in [4.78, 5) is 16.8. The first kappa shape index (κ1) is 16.8. The lowest BCUT2D eigenvalue weighted by molar-refractivity contribution is 0.262. The second-order valence-corrected chi connectivity index (χ2v) is 6.45. The summed E-state index contributed by atoms with van der Waals surface area (Å²) >= 11 is 0. The smallest absolute Gasteiger partial charge is 0.323 e. The van der Waals surface area contributed by atoms with Gasteiger partial charge in [0.2, 0.25) is 5.89 Å². The molecule has 0 unspecified atom stereocenters. The summed E-state index contributed by atoms with van der Waals surface area (Å²) in [6.45, 7) is 4.05. The van der Waals surface area contributed by atoms with E-state index in [1.165, 1.54) is 5.56 Å². The molecule has 0 radical (unpaired) electrons. The van der Waals surface area contributed by atoms with Crippen molar-refractivity contribution in [2.45, 2.75) is 13.8 Å². The summed E-state index contributed by atoms with van der Waals surface area (Å²) in [5.41, 5.74) is 6.08. The number of carbonyl (C=O) groups is 1. The van der Waals surface area contributed by atoms with Crippen molar-refractivity contribution in [3.8, 4) is 11.5 Å². The molecule has 0 spiro atoms. The Labute approximate surface area is 157 Å². The molecular formula is C22H19N3O2. The summed E-state index contributed by atoms with van der Waals surface area (Å²) in [6, 6.07) is 20.6. The van der Waals surface area contributed by atoms with Gasteiger partial charge in [0.05, 0.1) is 0 Å². The van der Waals surface area contributed by atoms with Gasteiger partial charge in [0, 0.05) is 16.9 Å². The first-order valence-electron chi connectivity index (χ1n) is 8.70. The molecule has 0 saturated carbocycles. The van der Waals surface area contributed by atoms with E-state index in [-0.39, 0.29) is 6.03 Å². The molecule has 1 heterocycles. The molecular weight excluding hydrogens is 338 g/mol. The predicted molar refractivity (Wildman–Crippen MR) is 108 cm³/mol. The number of carbonyl (C=O) groups excluding carboxylic acids is 1. The fourth-order valence-electron chi connectivity index (χ4n) is 2.84. The number of oxazole rings is 1. The van der Waals surface area contributed by atoms with Crippen molar-refractivity contribution >= 4 is 28.5 Å². The Morgan fingerprint density at radius 2 is 1.63 bits per heavy atom. The standard InChI is InChI=1S/C22H19N3O2/c1-14-10-11-18(12-15(14)2)24-22(26)23-17-7-5-6-16(13-17)21-25-19-8-3-4-9-20(19)27-21/h3-13H,1-2H3,(H2,23,24,26). The van der Waals surface area contributed by atoms with Crippen LogP contribution in [0.4, 0.5) is 16.2 Å². The van der Waals surface area contributed by atoms with Crippen LogP contribution in [0.1, 0.15) is 11.1 Å². The van der Waals surface area contributed by atoms with Gasteiger partial charge in [0.25, 0.3) is 0 Å². The minimum absolute atomic E-state index is 0.298. The largest absolute Gasteiger partial charge is 0.436 e. The zero-order valence-corrected chi connectivity index (χ0v) is 15.1. The summed E-state index contributed by atoms with van der Waals surface area (Å²) in [6.07, 6.45) is 0. The van der Waals surface area contributed by atoms with Crippen molar-refractivity contribution in [3.63, 3.8) is 0 Å². The van der Waals surface area contributed by atoms with E-state index in [2.05, 4.69) is 15.6 Å². The van der Waals surface area contributed by atoms with Gasteiger partial charge >= 0.3 is 6.03 Å². The number of amides is 2. The van der Waals surface area contributed by atoms with Crippen LogP contribution >= 0.6 is 0 Å². The zero-order valence-electron chi connectivity index (χ0n) is 15.1. The number of rotatable bonds is 3. The minimum Gasteiger partial charge on any atom is -0.436 e. The molecule has 1 aromatic heterocycles. The first-order valence-corrected chi connectivity index (χ1v) is 8.70. The Hall–Kier alpha value is -3.60. The predicted octanol–water partition coefficient (Wildman–Crippen LogP) is 5.76. The monoisotopic (exact) mass is 357 g/mol. The van der Waals surface area contributed by atoms with E-state index in [9.17, 15) is 4.79 Å². The number of nitrogens with zero attached hydrogens (tertiary/aromatic N) is 1. The zero-order chi connectivity index (χ0) is 18.8. The van der Waals surface area contributed by atoms with Crippen molar-refractivity contribution in [2.75, 3.05) is 10.6 Å². The van der Waals surface area contributed by atoms with Crippen molar-refractivity contribution < 1.29 is 9.21 Å². The number of para-hydroxylation sites is 2. The number of hydrogen-bond acceptors (Lipinski definition) is 3. The van der Waals surface area contributed by atoms with Gasteiger partial charge in [-0.25, -0.2) is 9.78 Å². The molecule has 5 nitrogen and oxygen atoms in total. The molecule has 134 valence electrons. The summed E-state index contributed by atoms with van der Waals surface area (Å²) < 4.78 is 5.79. The fraction of sp³-hybridized carbons (Fsp3) is 0.0909. The van der Waals surface area contributed by atoms with E-state index < -0.39 is 0 Å². The summed E-state index contributed by atoms with van der Waals surface area (Å²) in [5.74, 6) is 0.523. The highest BCUT2D eigenvalue weighted by Crippen LogP contribution is 2.26. The molecule has 4 rings (SSSR count). The van der Waals surface area contributed by atoms with E-state index in [0.717, 1.165) is 27.9 Å². The van der Waals surface area contributed by atoms with Gasteiger partial charge in [0.15, 0.2) is 5.58 Å². The highest BCUT2D eigenvalue weighted by atomic mass is 16.3. The third-order valence-electron chi connectivity index (χ3n) is 4.43. The Bertz CT molecular complexity index is 1100. The average molecular weight is 357 g/mol. The van der Waals surface area contributed by atoms with Gasteiger partial charge in [0.1, 0.15) is 5.52 Å². The third-order valence-corrected chi connectivity index (χ3v) is 4.43. The van der Waals surface area contributed by atoms with E-state index >= 15 is 0 Å². The molecule has 0 fully saturated rings. The molecule has 0 aliphatic heterocycles. The van der Waals surface area contributed by atoms with Gasteiger partial charge in [-0.1, -0.05) is 24.3 Å². The van der Waals surface area contributed by atoms with Crippen LogP contribution in [0.2, 0.25) is 0 Å². The third kappa shape index (κ3) is 3.67. The number of hydrogen-bond donors (Lipinski definition) is 2. The second-order valence-electron chi connectivity index (χ2n) is 6.45. The number of urea groups is 1. The lowest BCUT2D eigenvalue weighted by atomic mass is 10.1. The van der Waals surface area contributed by atoms with Gasteiger partial charge in [-0.3, -0.25) is 0 Å². The number of nitrogens with one attached hydrogen (secondary N) is 2. The number of aromatic nitrogens is 1. The van der Waals surface area contributed by atoms with Crippen LogP contribution in [0.15, 0.2) is 71.1 Å². The molecule has 2 N–H and O–H groups in total. The molecule has 0 aliphatic carbocycles. The van der Waals surface area contributed by atoms with Crippen LogP contribution in [0, 0.1) is 13.8 Å². The van der Waals surface area contributed by atoms with Gasteiger partial charge < -0.3 is 15.1 Å². The number of anilines is 2. The topological polar surface area (TPSA) is 67.2 Å². The van der Waals surface area contributed by atoms with Crippen molar-refractivity contribution in [1.82, 2.24) is 4.98 Å². The Balaban J connectivity index is 1.51. The molecule has 0 aliphatic rings. The maximum atomic E-state index is 12.3. The highest BCUT2D eigenvalue weighted by Gasteiger charge is 2.09. The number of fused-ring (bicyclic) bond motifs is 1. The second kappa shape index (κ2) is 6.96. The molecule has 2 amide bonds. The highest BCUT2D eigenvalue weighted by molar-refractivity contribution is 6.00. The minimum atomic E-state index is -0.298. The van der Waals surface area contributed by atoms with E-state index in [4.69, 9.17) is 4.42 Å². The molecule has 27 heavy (non-hydrogen) atoms. The lowest BCUT2D eigenvalue weighted by Gasteiger charge is -2.10. The van der Waals surface area contributed by atoms with Crippen LogP contribution in [0.3, 0.4) is 0 Å². The van der Waals surface area contributed by atoms with Crippen LogP contribution in [-0.2, 0) is 0 Å². The molecule has 5 heteroatoms. The number of aryl methyl sites for hydroxylation is 2. The summed E-state index contributed by atoms with van der Waals surface area (Å²) in [5, 5.41) is 5.70. The lowest BCUT2D eigenvalue weighted by Crippen LogP contribution is -2.19. The first-order chi connectivity index (χ1) is 13.1.